The van der Waals surface area contributed by atoms with Crippen LogP contribution in [0.2, 0.25) is 0 Å². The molecule has 0 rings (SSSR count). The van der Waals surface area contributed by atoms with E-state index in [2.05, 4.69) is 25.8 Å². The summed E-state index contributed by atoms with van der Waals surface area (Å²) >= 11 is 0. The highest BCUT2D eigenvalue weighted by molar-refractivity contribution is 4.65. The minimum Gasteiger partial charge on any atom is -0.396 e. The van der Waals surface area contributed by atoms with Gasteiger partial charge in [0.25, 0.3) is 0 Å². The van der Waals surface area contributed by atoms with Gasteiger partial charge in [-0.1, -0.05) is 13.8 Å². The van der Waals surface area contributed by atoms with E-state index in [0.717, 1.165) is 19.4 Å². The normalized spacial score (nSPS) is 13.9. The van der Waals surface area contributed by atoms with Crippen molar-refractivity contribution in [2.75, 3.05) is 20.2 Å². The van der Waals surface area contributed by atoms with Gasteiger partial charge in [-0.05, 0) is 32.9 Å². The van der Waals surface area contributed by atoms with Crippen LogP contribution in [0.4, 0.5) is 0 Å². The van der Waals surface area contributed by atoms with Crippen molar-refractivity contribution in [1.82, 2.24) is 4.90 Å². The third kappa shape index (κ3) is 4.38. The van der Waals surface area contributed by atoms with E-state index in [1.165, 1.54) is 6.42 Å². The largest absolute Gasteiger partial charge is 0.396 e. The van der Waals surface area contributed by atoms with Crippen molar-refractivity contribution in [1.29, 1.82) is 0 Å². The van der Waals surface area contributed by atoms with Crippen LogP contribution in [0, 0.1) is 0 Å². The summed E-state index contributed by atoms with van der Waals surface area (Å²) in [6.45, 7) is 5.81. The molecule has 2 nitrogen and oxygen atoms in total. The molecule has 0 bridgehead atoms. The summed E-state index contributed by atoms with van der Waals surface area (Å²) in [4.78, 5) is 2.33. The summed E-state index contributed by atoms with van der Waals surface area (Å²) in [5.41, 5.74) is 0. The number of aliphatic hydroxyl groups excluding tert-OH is 1. The molecule has 0 amide bonds. The Hall–Kier alpha value is -0.0800. The van der Waals surface area contributed by atoms with Gasteiger partial charge in [-0.25, -0.2) is 0 Å². The summed E-state index contributed by atoms with van der Waals surface area (Å²) in [5.74, 6) is 0. The minimum atomic E-state index is 0.312. The van der Waals surface area contributed by atoms with Crippen LogP contribution in [0.25, 0.3) is 0 Å². The van der Waals surface area contributed by atoms with Crippen molar-refractivity contribution in [3.05, 3.63) is 0 Å². The lowest BCUT2D eigenvalue weighted by Crippen LogP contribution is -2.32. The van der Waals surface area contributed by atoms with Gasteiger partial charge in [0.1, 0.15) is 0 Å². The molecule has 0 heterocycles. The maximum Gasteiger partial charge on any atom is 0.0445 e. The Morgan fingerprint density at radius 3 is 2.36 bits per heavy atom. The van der Waals surface area contributed by atoms with E-state index in [0.29, 0.717) is 12.6 Å². The van der Waals surface area contributed by atoms with Crippen LogP contribution < -0.4 is 0 Å². The molecule has 1 unspecified atom stereocenters. The number of hydrogen-bond donors (Lipinski definition) is 1. The van der Waals surface area contributed by atoms with Gasteiger partial charge in [-0.15, -0.1) is 0 Å². The molecule has 11 heavy (non-hydrogen) atoms. The molecule has 1 N–H and O–H groups in total. The molecular weight excluding hydrogens is 138 g/mol. The predicted octanol–water partition coefficient (Wildman–Crippen LogP) is 1.49. The van der Waals surface area contributed by atoms with Crippen LogP contribution >= 0.6 is 0 Å². The summed E-state index contributed by atoms with van der Waals surface area (Å²) in [5, 5.41) is 8.76. The van der Waals surface area contributed by atoms with Crippen LogP contribution in [0.1, 0.15) is 33.1 Å². The standard InChI is InChI=1S/C9H21NO/c1-4-7-10(3)9(5-2)6-8-11/h9,11H,4-8H2,1-3H3. The fraction of sp³-hybridized carbons (Fsp3) is 1.00. The SMILES string of the molecule is CCCN(C)C(CC)CCO. The zero-order valence-corrected chi connectivity index (χ0v) is 8.01. The molecule has 0 aromatic heterocycles. The van der Waals surface area contributed by atoms with Crippen molar-refractivity contribution in [2.45, 2.75) is 39.2 Å². The van der Waals surface area contributed by atoms with Crippen LogP contribution in [0.5, 0.6) is 0 Å². The predicted molar refractivity (Wildman–Crippen MR) is 48.7 cm³/mol. The topological polar surface area (TPSA) is 23.5 Å². The Morgan fingerprint density at radius 1 is 1.36 bits per heavy atom. The molecule has 0 saturated heterocycles. The Kier molecular flexibility index (Phi) is 6.57. The van der Waals surface area contributed by atoms with E-state index in [1.807, 2.05) is 0 Å². The number of hydrogen-bond acceptors (Lipinski definition) is 2. The average Bonchev–Trinajstić information content (AvgIpc) is 2.00. The van der Waals surface area contributed by atoms with E-state index >= 15 is 0 Å². The average molecular weight is 159 g/mol. The fourth-order valence-electron chi connectivity index (χ4n) is 1.42. The second-order valence-corrected chi connectivity index (χ2v) is 3.05. The van der Waals surface area contributed by atoms with Crippen molar-refractivity contribution in [2.24, 2.45) is 0 Å². The van der Waals surface area contributed by atoms with Crippen LogP contribution in [-0.4, -0.2) is 36.2 Å². The summed E-state index contributed by atoms with van der Waals surface area (Å²) in [7, 11) is 2.13. The maximum atomic E-state index is 8.76. The molecule has 0 aliphatic rings. The fourth-order valence-corrected chi connectivity index (χ4v) is 1.42. The van der Waals surface area contributed by atoms with Gasteiger partial charge in [0.15, 0.2) is 0 Å². The van der Waals surface area contributed by atoms with E-state index in [1.54, 1.807) is 0 Å². The highest BCUT2D eigenvalue weighted by Crippen LogP contribution is 2.05. The van der Waals surface area contributed by atoms with E-state index < -0.39 is 0 Å². The highest BCUT2D eigenvalue weighted by atomic mass is 16.3. The smallest absolute Gasteiger partial charge is 0.0445 e. The number of aliphatic hydroxyl groups is 1. The molecule has 0 aliphatic heterocycles. The molecule has 0 aromatic carbocycles. The summed E-state index contributed by atoms with van der Waals surface area (Å²) in [6, 6.07) is 0.569. The Bertz CT molecular complexity index is 85.6. The molecular formula is C9H21NO. The van der Waals surface area contributed by atoms with Gasteiger partial charge in [-0.2, -0.15) is 0 Å². The van der Waals surface area contributed by atoms with Crippen LogP contribution in [0.3, 0.4) is 0 Å². The van der Waals surface area contributed by atoms with Gasteiger partial charge in [0.05, 0.1) is 0 Å². The third-order valence-electron chi connectivity index (χ3n) is 2.13. The lowest BCUT2D eigenvalue weighted by molar-refractivity contribution is 0.181. The lowest BCUT2D eigenvalue weighted by Gasteiger charge is -2.25. The first-order valence-electron chi connectivity index (χ1n) is 4.57. The molecule has 0 radical (unpaired) electrons. The van der Waals surface area contributed by atoms with Crippen LogP contribution in [-0.2, 0) is 0 Å². The highest BCUT2D eigenvalue weighted by Gasteiger charge is 2.09. The monoisotopic (exact) mass is 159 g/mol. The molecule has 0 aromatic rings. The van der Waals surface area contributed by atoms with E-state index in [9.17, 15) is 0 Å². The molecule has 1 atom stereocenters. The first-order valence-corrected chi connectivity index (χ1v) is 4.57. The molecule has 0 aliphatic carbocycles. The zero-order chi connectivity index (χ0) is 8.69. The lowest BCUT2D eigenvalue weighted by atomic mass is 10.1. The molecule has 0 spiro atoms. The van der Waals surface area contributed by atoms with Crippen molar-refractivity contribution in [3.8, 4) is 0 Å². The van der Waals surface area contributed by atoms with Gasteiger partial charge in [0, 0.05) is 12.6 Å². The van der Waals surface area contributed by atoms with Gasteiger partial charge >= 0.3 is 0 Å². The first-order chi connectivity index (χ1) is 5.26. The Balaban J connectivity index is 3.61. The second-order valence-electron chi connectivity index (χ2n) is 3.05. The maximum absolute atomic E-state index is 8.76. The Labute approximate surface area is 70.2 Å². The molecule has 0 saturated carbocycles. The van der Waals surface area contributed by atoms with Crippen molar-refractivity contribution >= 4 is 0 Å². The summed E-state index contributed by atoms with van der Waals surface area (Å²) < 4.78 is 0. The third-order valence-corrected chi connectivity index (χ3v) is 2.13. The van der Waals surface area contributed by atoms with Crippen molar-refractivity contribution < 1.29 is 5.11 Å². The number of nitrogens with zero attached hydrogens (tertiary/aromatic N) is 1. The quantitative estimate of drug-likeness (QED) is 0.634. The van der Waals surface area contributed by atoms with Gasteiger partial charge < -0.3 is 10.0 Å². The van der Waals surface area contributed by atoms with E-state index in [4.69, 9.17) is 5.11 Å². The molecule has 68 valence electrons. The van der Waals surface area contributed by atoms with E-state index in [-0.39, 0.29) is 0 Å². The second kappa shape index (κ2) is 6.62. The van der Waals surface area contributed by atoms with Crippen molar-refractivity contribution in [3.63, 3.8) is 0 Å². The van der Waals surface area contributed by atoms with Gasteiger partial charge in [0.2, 0.25) is 0 Å². The molecule has 2 heteroatoms. The number of rotatable bonds is 6. The van der Waals surface area contributed by atoms with Gasteiger partial charge in [-0.3, -0.25) is 0 Å². The first kappa shape index (κ1) is 10.9. The summed E-state index contributed by atoms with van der Waals surface area (Å²) in [6.07, 6.45) is 3.24. The Morgan fingerprint density at radius 2 is 2.00 bits per heavy atom. The minimum absolute atomic E-state index is 0.312. The molecule has 0 fully saturated rings. The zero-order valence-electron chi connectivity index (χ0n) is 8.01. The van der Waals surface area contributed by atoms with Crippen LogP contribution in [0.15, 0.2) is 0 Å².